The standard InChI is InChI=1S/C12H23NO2/c1-7-8-9-12(5,6)13-10(14)15-11(2,3)4/h7H,1,8-9H2,2-6H3,(H,13,14). The summed E-state index contributed by atoms with van der Waals surface area (Å²) in [5.41, 5.74) is -0.699. The van der Waals surface area contributed by atoms with Crippen molar-refractivity contribution in [1.29, 1.82) is 0 Å². The zero-order valence-corrected chi connectivity index (χ0v) is 10.5. The Kier molecular flexibility index (Phi) is 4.85. The van der Waals surface area contributed by atoms with E-state index in [1.807, 2.05) is 40.7 Å². The number of carbonyl (C=O) groups is 1. The number of allylic oxidation sites excluding steroid dienone is 1. The minimum atomic E-state index is -0.446. The largest absolute Gasteiger partial charge is 0.444 e. The van der Waals surface area contributed by atoms with Gasteiger partial charge in [-0.1, -0.05) is 6.08 Å². The third-order valence-corrected chi connectivity index (χ3v) is 1.81. The molecule has 3 heteroatoms. The van der Waals surface area contributed by atoms with Gasteiger partial charge in [0.1, 0.15) is 5.60 Å². The number of nitrogens with one attached hydrogen (secondary N) is 1. The van der Waals surface area contributed by atoms with E-state index in [1.54, 1.807) is 0 Å². The lowest BCUT2D eigenvalue weighted by atomic mass is 9.99. The number of ether oxygens (including phenoxy) is 1. The molecule has 0 heterocycles. The van der Waals surface area contributed by atoms with Gasteiger partial charge >= 0.3 is 6.09 Å². The summed E-state index contributed by atoms with van der Waals surface area (Å²) in [6, 6.07) is 0. The Hall–Kier alpha value is -0.990. The van der Waals surface area contributed by atoms with E-state index in [-0.39, 0.29) is 11.6 Å². The van der Waals surface area contributed by atoms with Gasteiger partial charge in [-0.25, -0.2) is 4.79 Å². The van der Waals surface area contributed by atoms with Crippen molar-refractivity contribution in [1.82, 2.24) is 5.32 Å². The highest BCUT2D eigenvalue weighted by Gasteiger charge is 2.23. The molecule has 0 radical (unpaired) electrons. The fourth-order valence-corrected chi connectivity index (χ4v) is 1.11. The van der Waals surface area contributed by atoms with Crippen LogP contribution in [-0.2, 0) is 4.74 Å². The van der Waals surface area contributed by atoms with E-state index in [4.69, 9.17) is 4.74 Å². The molecule has 0 aromatic rings. The van der Waals surface area contributed by atoms with E-state index in [1.165, 1.54) is 0 Å². The molecule has 0 aromatic heterocycles. The highest BCUT2D eigenvalue weighted by atomic mass is 16.6. The highest BCUT2D eigenvalue weighted by Crippen LogP contribution is 2.13. The van der Waals surface area contributed by atoms with Gasteiger partial charge in [0, 0.05) is 5.54 Å². The predicted octanol–water partition coefficient (Wildman–Crippen LogP) is 3.26. The van der Waals surface area contributed by atoms with Crippen molar-refractivity contribution in [3.05, 3.63) is 12.7 Å². The van der Waals surface area contributed by atoms with E-state index in [9.17, 15) is 4.79 Å². The number of amides is 1. The van der Waals surface area contributed by atoms with Crippen LogP contribution in [0.15, 0.2) is 12.7 Å². The zero-order valence-electron chi connectivity index (χ0n) is 10.5. The van der Waals surface area contributed by atoms with Crippen molar-refractivity contribution in [2.75, 3.05) is 0 Å². The molecule has 15 heavy (non-hydrogen) atoms. The van der Waals surface area contributed by atoms with Crippen LogP contribution in [0, 0.1) is 0 Å². The zero-order chi connectivity index (χ0) is 12.1. The number of hydrogen-bond acceptors (Lipinski definition) is 2. The van der Waals surface area contributed by atoms with Gasteiger partial charge in [0.05, 0.1) is 0 Å². The molecule has 0 atom stereocenters. The van der Waals surface area contributed by atoms with E-state index in [0.29, 0.717) is 0 Å². The van der Waals surface area contributed by atoms with Crippen LogP contribution in [0.5, 0.6) is 0 Å². The normalized spacial score (nSPS) is 12.1. The summed E-state index contributed by atoms with van der Waals surface area (Å²) in [5.74, 6) is 0. The van der Waals surface area contributed by atoms with Gasteiger partial charge in [-0.05, 0) is 47.5 Å². The smallest absolute Gasteiger partial charge is 0.408 e. The summed E-state index contributed by atoms with van der Waals surface area (Å²) in [6.45, 7) is 13.2. The van der Waals surface area contributed by atoms with Crippen LogP contribution in [0.2, 0.25) is 0 Å². The van der Waals surface area contributed by atoms with Crippen LogP contribution in [0.25, 0.3) is 0 Å². The van der Waals surface area contributed by atoms with Crippen LogP contribution >= 0.6 is 0 Å². The second-order valence-electron chi connectivity index (χ2n) is 5.34. The Balaban J connectivity index is 4.09. The van der Waals surface area contributed by atoms with Crippen molar-refractivity contribution in [3.8, 4) is 0 Å². The summed E-state index contributed by atoms with van der Waals surface area (Å²) < 4.78 is 5.18. The van der Waals surface area contributed by atoms with Crippen molar-refractivity contribution in [3.63, 3.8) is 0 Å². The Morgan fingerprint density at radius 3 is 2.27 bits per heavy atom. The van der Waals surface area contributed by atoms with Gasteiger partial charge in [-0.2, -0.15) is 0 Å². The number of rotatable bonds is 4. The van der Waals surface area contributed by atoms with Gasteiger partial charge in [-0.3, -0.25) is 0 Å². The first-order valence-electron chi connectivity index (χ1n) is 5.28. The summed E-state index contributed by atoms with van der Waals surface area (Å²) in [7, 11) is 0. The van der Waals surface area contributed by atoms with E-state index in [0.717, 1.165) is 12.8 Å². The summed E-state index contributed by atoms with van der Waals surface area (Å²) in [5, 5.41) is 2.84. The molecule has 0 fully saturated rings. The molecule has 0 aliphatic rings. The molecular weight excluding hydrogens is 190 g/mol. The molecule has 1 amide bonds. The van der Waals surface area contributed by atoms with Crippen molar-refractivity contribution < 1.29 is 9.53 Å². The monoisotopic (exact) mass is 213 g/mol. The van der Waals surface area contributed by atoms with Crippen molar-refractivity contribution >= 4 is 6.09 Å². The van der Waals surface area contributed by atoms with Crippen molar-refractivity contribution in [2.24, 2.45) is 0 Å². The summed E-state index contributed by atoms with van der Waals surface area (Å²) in [4.78, 5) is 11.5. The molecule has 0 rings (SSSR count). The Morgan fingerprint density at radius 1 is 1.33 bits per heavy atom. The lowest BCUT2D eigenvalue weighted by Crippen LogP contribution is -2.45. The van der Waals surface area contributed by atoms with Crippen LogP contribution in [0.4, 0.5) is 4.79 Å². The van der Waals surface area contributed by atoms with Gasteiger partial charge in [0.2, 0.25) is 0 Å². The minimum Gasteiger partial charge on any atom is -0.444 e. The second-order valence-corrected chi connectivity index (χ2v) is 5.34. The lowest BCUT2D eigenvalue weighted by molar-refractivity contribution is 0.0468. The Bertz CT molecular complexity index is 226. The fourth-order valence-electron chi connectivity index (χ4n) is 1.11. The number of hydrogen-bond donors (Lipinski definition) is 1. The molecule has 88 valence electrons. The Morgan fingerprint density at radius 2 is 1.87 bits per heavy atom. The first-order chi connectivity index (χ1) is 6.66. The topological polar surface area (TPSA) is 38.3 Å². The molecule has 1 N–H and O–H groups in total. The average molecular weight is 213 g/mol. The first kappa shape index (κ1) is 14.0. The summed E-state index contributed by atoms with van der Waals surface area (Å²) in [6.07, 6.45) is 3.22. The quantitative estimate of drug-likeness (QED) is 0.728. The SMILES string of the molecule is C=CCCC(C)(C)NC(=O)OC(C)(C)C. The van der Waals surface area contributed by atoms with E-state index in [2.05, 4.69) is 11.9 Å². The molecule has 0 spiro atoms. The molecule has 0 unspecified atom stereocenters. The van der Waals surface area contributed by atoms with Gasteiger partial charge in [0.15, 0.2) is 0 Å². The fraction of sp³-hybridized carbons (Fsp3) is 0.750. The summed E-state index contributed by atoms with van der Waals surface area (Å²) >= 11 is 0. The van der Waals surface area contributed by atoms with E-state index >= 15 is 0 Å². The molecule has 0 aliphatic carbocycles. The van der Waals surface area contributed by atoms with Gasteiger partial charge in [0.25, 0.3) is 0 Å². The maximum Gasteiger partial charge on any atom is 0.408 e. The maximum absolute atomic E-state index is 11.5. The molecule has 0 saturated carbocycles. The molecule has 3 nitrogen and oxygen atoms in total. The van der Waals surface area contributed by atoms with Crippen molar-refractivity contribution in [2.45, 2.75) is 58.6 Å². The molecule has 0 aromatic carbocycles. The van der Waals surface area contributed by atoms with Crippen LogP contribution in [0.1, 0.15) is 47.5 Å². The van der Waals surface area contributed by atoms with Crippen LogP contribution in [-0.4, -0.2) is 17.2 Å². The predicted molar refractivity (Wildman–Crippen MR) is 62.9 cm³/mol. The van der Waals surface area contributed by atoms with E-state index < -0.39 is 5.60 Å². The first-order valence-corrected chi connectivity index (χ1v) is 5.28. The van der Waals surface area contributed by atoms with Gasteiger partial charge in [-0.15, -0.1) is 6.58 Å². The Labute approximate surface area is 92.9 Å². The average Bonchev–Trinajstić information content (AvgIpc) is 1.95. The molecular formula is C12H23NO2. The highest BCUT2D eigenvalue weighted by molar-refractivity contribution is 5.68. The minimum absolute atomic E-state index is 0.253. The van der Waals surface area contributed by atoms with Crippen LogP contribution in [0.3, 0.4) is 0 Å². The number of carbonyl (C=O) groups excluding carboxylic acids is 1. The molecule has 0 bridgehead atoms. The maximum atomic E-state index is 11.5. The third kappa shape index (κ3) is 8.03. The second kappa shape index (κ2) is 5.19. The van der Waals surface area contributed by atoms with Crippen LogP contribution < -0.4 is 5.32 Å². The third-order valence-electron chi connectivity index (χ3n) is 1.81. The van der Waals surface area contributed by atoms with Gasteiger partial charge < -0.3 is 10.1 Å². The number of alkyl carbamates (subject to hydrolysis) is 1. The molecule has 0 aliphatic heterocycles. The molecule has 0 saturated heterocycles. The lowest BCUT2D eigenvalue weighted by Gasteiger charge is -2.28.